The second kappa shape index (κ2) is 10.4. The van der Waals surface area contributed by atoms with Crippen LogP contribution in [0.25, 0.3) is 0 Å². The summed E-state index contributed by atoms with van der Waals surface area (Å²) in [5, 5.41) is 11.0. The molecule has 9 atom stereocenters. The third-order valence-electron chi connectivity index (χ3n) is 5.66. The van der Waals surface area contributed by atoms with Crippen LogP contribution in [0.5, 0.6) is 0 Å². The fourth-order valence-corrected chi connectivity index (χ4v) is 4.77. The largest absolute Gasteiger partial charge is 0.463 e. The van der Waals surface area contributed by atoms with Gasteiger partial charge in [0, 0.05) is 38.6 Å². The number of aliphatic hydroxyl groups excluding tert-OH is 1. The normalized spacial score (nSPS) is 37.2. The average Bonchev–Trinajstić information content (AvgIpc) is 3.21. The van der Waals surface area contributed by atoms with Crippen molar-refractivity contribution in [2.45, 2.75) is 82.9 Å². The van der Waals surface area contributed by atoms with E-state index in [0.717, 1.165) is 13.8 Å². The van der Waals surface area contributed by atoms with Gasteiger partial charge in [-0.25, -0.2) is 0 Å². The van der Waals surface area contributed by atoms with Crippen LogP contribution in [0.1, 0.15) is 34.1 Å². The summed E-state index contributed by atoms with van der Waals surface area (Å²) < 4.78 is 33.0. The lowest BCUT2D eigenvalue weighted by Gasteiger charge is -2.45. The van der Waals surface area contributed by atoms with Crippen molar-refractivity contribution in [2.75, 3.05) is 6.61 Å². The zero-order valence-electron chi connectivity index (χ0n) is 18.6. The summed E-state index contributed by atoms with van der Waals surface area (Å²) in [6, 6.07) is 0. The van der Waals surface area contributed by atoms with Crippen LogP contribution >= 0.6 is 11.6 Å². The molecule has 0 saturated carbocycles. The van der Waals surface area contributed by atoms with Gasteiger partial charge in [-0.2, -0.15) is 0 Å². The fourth-order valence-electron chi connectivity index (χ4n) is 4.46. The Balaban J connectivity index is 1.93. The first-order valence-corrected chi connectivity index (χ1v) is 10.9. The first-order chi connectivity index (χ1) is 15.5. The smallest absolute Gasteiger partial charge is 0.303 e. The van der Waals surface area contributed by atoms with Crippen LogP contribution in [0.15, 0.2) is 11.1 Å². The van der Waals surface area contributed by atoms with Gasteiger partial charge in [-0.05, 0) is 12.5 Å². The van der Waals surface area contributed by atoms with E-state index in [1.54, 1.807) is 6.08 Å². The van der Waals surface area contributed by atoms with Crippen molar-refractivity contribution in [1.29, 1.82) is 0 Å². The number of carbonyl (C=O) groups excluding carboxylic acids is 4. The molecule has 1 N–H and O–H groups in total. The highest BCUT2D eigenvalue weighted by molar-refractivity contribution is 6.30. The van der Waals surface area contributed by atoms with Gasteiger partial charge in [0.25, 0.3) is 0 Å². The summed E-state index contributed by atoms with van der Waals surface area (Å²) >= 11 is 6.07. The molecule has 2 bridgehead atoms. The van der Waals surface area contributed by atoms with Gasteiger partial charge in [-0.3, -0.25) is 19.2 Å². The van der Waals surface area contributed by atoms with Gasteiger partial charge in [0.1, 0.15) is 18.8 Å². The zero-order chi connectivity index (χ0) is 24.4. The third kappa shape index (κ3) is 5.84. The number of esters is 4. The maximum absolute atomic E-state index is 11.9. The zero-order valence-corrected chi connectivity index (χ0v) is 19.4. The molecule has 0 aromatic heterocycles. The highest BCUT2D eigenvalue weighted by Crippen LogP contribution is 2.44. The SMILES string of the molecule is CC(=O)OC[C@H]1O[C@H](C[C@H]2[C@@H](O)[C@@H]3O[C@H]2C=C3Cl)[C@@H](OC(C)=O)[C@@H](OC(C)=O)[C@@H]1OC(C)=O. The standard InChI is InChI=1S/C21H27ClO11/c1-8(23)28-7-16-20(30-10(3)25)21(31-11(4)26)19(29-9(2)24)15(32-16)5-12-14-6-13(22)18(33-14)17(12)27/h6,12,14-21,27H,5,7H2,1-4H3/t12-,14+,15-,16-,17-,18-,19-,20-,21-/m1/s1. The number of hydrogen-bond acceptors (Lipinski definition) is 11. The highest BCUT2D eigenvalue weighted by atomic mass is 35.5. The summed E-state index contributed by atoms with van der Waals surface area (Å²) in [6.45, 7) is 4.37. The number of carbonyl (C=O) groups is 4. The van der Waals surface area contributed by atoms with E-state index >= 15 is 0 Å². The molecule has 3 heterocycles. The van der Waals surface area contributed by atoms with Crippen molar-refractivity contribution >= 4 is 35.5 Å². The Morgan fingerprint density at radius 2 is 1.42 bits per heavy atom. The molecule has 2 fully saturated rings. The Hall–Kier alpha value is -2.21. The van der Waals surface area contributed by atoms with Crippen LogP contribution in [-0.4, -0.2) is 84.4 Å². The first-order valence-electron chi connectivity index (χ1n) is 10.5. The fraction of sp³-hybridized carbons (Fsp3) is 0.714. The van der Waals surface area contributed by atoms with Crippen LogP contribution in [0, 0.1) is 5.92 Å². The molecule has 0 aromatic rings. The Labute approximate surface area is 195 Å². The predicted molar refractivity (Wildman–Crippen MR) is 109 cm³/mol. The monoisotopic (exact) mass is 490 g/mol. The second-order valence-electron chi connectivity index (χ2n) is 8.20. The lowest BCUT2D eigenvalue weighted by Crippen LogP contribution is -2.63. The first kappa shape index (κ1) is 25.4. The minimum atomic E-state index is -1.25. The molecule has 0 aliphatic carbocycles. The minimum Gasteiger partial charge on any atom is -0.463 e. The molecule has 11 nitrogen and oxygen atoms in total. The summed E-state index contributed by atoms with van der Waals surface area (Å²) in [6.07, 6.45) is -5.84. The van der Waals surface area contributed by atoms with Gasteiger partial charge in [-0.15, -0.1) is 0 Å². The van der Waals surface area contributed by atoms with E-state index in [0.29, 0.717) is 5.03 Å². The maximum Gasteiger partial charge on any atom is 0.303 e. The number of fused-ring (bicyclic) bond motifs is 2. The van der Waals surface area contributed by atoms with E-state index < -0.39 is 78.6 Å². The molecule has 3 rings (SSSR count). The molecule has 2 saturated heterocycles. The van der Waals surface area contributed by atoms with Crippen molar-refractivity contribution in [3.8, 4) is 0 Å². The maximum atomic E-state index is 11.9. The van der Waals surface area contributed by atoms with E-state index in [2.05, 4.69) is 0 Å². The molecule has 0 unspecified atom stereocenters. The number of hydrogen-bond donors (Lipinski definition) is 1. The average molecular weight is 491 g/mol. The van der Waals surface area contributed by atoms with Crippen molar-refractivity contribution in [1.82, 2.24) is 0 Å². The van der Waals surface area contributed by atoms with Gasteiger partial charge >= 0.3 is 23.9 Å². The van der Waals surface area contributed by atoms with Gasteiger partial charge in [0.15, 0.2) is 18.3 Å². The van der Waals surface area contributed by atoms with Crippen LogP contribution < -0.4 is 0 Å². The summed E-state index contributed by atoms with van der Waals surface area (Å²) in [5.41, 5.74) is 0. The van der Waals surface area contributed by atoms with Crippen molar-refractivity contribution < 1.29 is 52.7 Å². The third-order valence-corrected chi connectivity index (χ3v) is 6.00. The Kier molecular flexibility index (Phi) is 7.99. The number of halogens is 1. The topological polar surface area (TPSA) is 144 Å². The number of rotatable bonds is 7. The van der Waals surface area contributed by atoms with Gasteiger partial charge in [0.2, 0.25) is 0 Å². The van der Waals surface area contributed by atoms with Gasteiger partial charge in [-0.1, -0.05) is 11.6 Å². The molecule has 0 radical (unpaired) electrons. The van der Waals surface area contributed by atoms with Crippen LogP contribution in [-0.2, 0) is 47.6 Å². The van der Waals surface area contributed by atoms with E-state index in [1.807, 2.05) is 0 Å². The minimum absolute atomic E-state index is 0.127. The Bertz CT molecular complexity index is 827. The molecule has 0 spiro atoms. The molecule has 184 valence electrons. The molecule has 3 aliphatic heterocycles. The summed E-state index contributed by atoms with van der Waals surface area (Å²) in [7, 11) is 0. The Morgan fingerprint density at radius 1 is 0.879 bits per heavy atom. The van der Waals surface area contributed by atoms with Crippen LogP contribution in [0.2, 0.25) is 0 Å². The second-order valence-corrected chi connectivity index (χ2v) is 8.64. The highest BCUT2D eigenvalue weighted by Gasteiger charge is 2.55. The molecular weight excluding hydrogens is 464 g/mol. The lowest BCUT2D eigenvalue weighted by atomic mass is 9.82. The molecule has 12 heteroatoms. The molecule has 0 amide bonds. The predicted octanol–water partition coefficient (Wildman–Crippen LogP) is 0.383. The Morgan fingerprint density at radius 3 is 1.91 bits per heavy atom. The number of ether oxygens (including phenoxy) is 6. The summed E-state index contributed by atoms with van der Waals surface area (Å²) in [5.74, 6) is -3.15. The molecule has 33 heavy (non-hydrogen) atoms. The molecular formula is C21H27ClO11. The number of aliphatic hydroxyl groups is 1. The van der Waals surface area contributed by atoms with Crippen LogP contribution in [0.4, 0.5) is 0 Å². The molecule has 0 aromatic carbocycles. The van der Waals surface area contributed by atoms with E-state index in [9.17, 15) is 24.3 Å². The van der Waals surface area contributed by atoms with Crippen molar-refractivity contribution in [3.05, 3.63) is 11.1 Å². The van der Waals surface area contributed by atoms with Crippen LogP contribution in [0.3, 0.4) is 0 Å². The van der Waals surface area contributed by atoms with E-state index in [-0.39, 0.29) is 13.0 Å². The molecule has 3 aliphatic rings. The lowest BCUT2D eigenvalue weighted by molar-refractivity contribution is -0.255. The van der Waals surface area contributed by atoms with E-state index in [4.69, 9.17) is 40.0 Å². The van der Waals surface area contributed by atoms with Crippen molar-refractivity contribution in [2.24, 2.45) is 5.92 Å². The quantitative estimate of drug-likeness (QED) is 0.390. The van der Waals surface area contributed by atoms with Crippen molar-refractivity contribution in [3.63, 3.8) is 0 Å². The van der Waals surface area contributed by atoms with Gasteiger partial charge < -0.3 is 33.5 Å². The van der Waals surface area contributed by atoms with E-state index in [1.165, 1.54) is 13.8 Å². The summed E-state index contributed by atoms with van der Waals surface area (Å²) in [4.78, 5) is 46.9. The van der Waals surface area contributed by atoms with Gasteiger partial charge in [0.05, 0.1) is 18.3 Å².